The van der Waals surface area contributed by atoms with Crippen molar-refractivity contribution in [2.45, 2.75) is 6.61 Å². The van der Waals surface area contributed by atoms with Gasteiger partial charge in [-0.2, -0.15) is 0 Å². The van der Waals surface area contributed by atoms with E-state index < -0.39 is 23.4 Å². The number of nitrogens with one attached hydrogen (secondary N) is 1. The molecule has 0 spiro atoms. The van der Waals surface area contributed by atoms with E-state index >= 15 is 0 Å². The summed E-state index contributed by atoms with van der Waals surface area (Å²) in [5.41, 5.74) is 0.759. The van der Waals surface area contributed by atoms with Gasteiger partial charge in [-0.1, -0.05) is 48.0 Å². The molecular weight excluding hydrogens is 424 g/mol. The van der Waals surface area contributed by atoms with Crippen molar-refractivity contribution in [2.75, 3.05) is 11.9 Å². The monoisotopic (exact) mass is 440 g/mol. The molecule has 0 saturated carbocycles. The topological polar surface area (TPSA) is 108 Å². The maximum absolute atomic E-state index is 12.4. The Balaban J connectivity index is 1.60. The van der Waals surface area contributed by atoms with Crippen LogP contribution in [0.15, 0.2) is 72.8 Å². The van der Waals surface area contributed by atoms with E-state index in [1.165, 1.54) is 24.3 Å². The number of ether oxygens (including phenoxy) is 2. The highest BCUT2D eigenvalue weighted by molar-refractivity contribution is 6.30. The van der Waals surface area contributed by atoms with Gasteiger partial charge in [-0.3, -0.25) is 14.9 Å². The summed E-state index contributed by atoms with van der Waals surface area (Å²) in [7, 11) is 0. The standard InChI is InChI=1S/C22H17ClN2O6/c23-16-11-9-15(10-12-16)13-30-20-8-4-1-5-17(20)22(27)31-14-21(26)24-18-6-2-3-7-19(18)25(28)29/h1-12H,13-14H2,(H,24,26). The third kappa shape index (κ3) is 6.03. The summed E-state index contributed by atoms with van der Waals surface area (Å²) in [4.78, 5) is 34.9. The quantitative estimate of drug-likeness (QED) is 0.311. The van der Waals surface area contributed by atoms with Gasteiger partial charge in [0.2, 0.25) is 0 Å². The molecule has 0 bridgehead atoms. The number of carbonyl (C=O) groups excluding carboxylic acids is 2. The fourth-order valence-electron chi connectivity index (χ4n) is 2.64. The Hall–Kier alpha value is -3.91. The molecule has 0 atom stereocenters. The number of rotatable bonds is 8. The number of amides is 1. The van der Waals surface area contributed by atoms with Crippen molar-refractivity contribution in [1.82, 2.24) is 0 Å². The van der Waals surface area contributed by atoms with E-state index in [1.807, 2.05) is 0 Å². The van der Waals surface area contributed by atoms with E-state index in [-0.39, 0.29) is 23.5 Å². The maximum atomic E-state index is 12.4. The molecule has 0 aromatic heterocycles. The second-order valence-corrected chi connectivity index (χ2v) is 6.75. The lowest BCUT2D eigenvalue weighted by Crippen LogP contribution is -2.21. The summed E-state index contributed by atoms with van der Waals surface area (Å²) in [5, 5.41) is 14.0. The zero-order valence-corrected chi connectivity index (χ0v) is 16.9. The van der Waals surface area contributed by atoms with Gasteiger partial charge in [0.25, 0.3) is 11.6 Å². The van der Waals surface area contributed by atoms with E-state index in [0.29, 0.717) is 10.8 Å². The number of halogens is 1. The Morgan fingerprint density at radius 1 is 0.968 bits per heavy atom. The molecule has 0 fully saturated rings. The first kappa shape index (κ1) is 21.8. The number of nitro groups is 1. The number of hydrogen-bond donors (Lipinski definition) is 1. The largest absolute Gasteiger partial charge is 0.488 e. The molecule has 158 valence electrons. The SMILES string of the molecule is O=C(COC(=O)c1ccccc1OCc1ccc(Cl)cc1)Nc1ccccc1[N+](=O)[O-]. The van der Waals surface area contributed by atoms with Crippen LogP contribution in [0.5, 0.6) is 5.75 Å². The van der Waals surface area contributed by atoms with Crippen molar-refractivity contribution in [2.24, 2.45) is 0 Å². The highest BCUT2D eigenvalue weighted by Gasteiger charge is 2.18. The molecule has 0 radical (unpaired) electrons. The molecule has 0 aliphatic heterocycles. The molecule has 1 amide bonds. The van der Waals surface area contributed by atoms with Crippen LogP contribution in [-0.2, 0) is 16.1 Å². The van der Waals surface area contributed by atoms with Crippen LogP contribution in [0.4, 0.5) is 11.4 Å². The molecule has 0 heterocycles. The molecule has 9 heteroatoms. The van der Waals surface area contributed by atoms with Crippen LogP contribution < -0.4 is 10.1 Å². The lowest BCUT2D eigenvalue weighted by Gasteiger charge is -2.11. The first-order chi connectivity index (χ1) is 14.9. The smallest absolute Gasteiger partial charge is 0.342 e. The number of para-hydroxylation sites is 3. The van der Waals surface area contributed by atoms with Crippen molar-refractivity contribution >= 4 is 34.9 Å². The Morgan fingerprint density at radius 2 is 1.65 bits per heavy atom. The second kappa shape index (κ2) is 10.2. The molecule has 0 aliphatic rings. The Morgan fingerprint density at radius 3 is 2.39 bits per heavy atom. The highest BCUT2D eigenvalue weighted by Crippen LogP contribution is 2.23. The van der Waals surface area contributed by atoms with Crippen molar-refractivity contribution < 1.29 is 24.0 Å². The van der Waals surface area contributed by atoms with Crippen LogP contribution >= 0.6 is 11.6 Å². The lowest BCUT2D eigenvalue weighted by molar-refractivity contribution is -0.383. The van der Waals surface area contributed by atoms with Crippen molar-refractivity contribution in [3.63, 3.8) is 0 Å². The molecule has 0 unspecified atom stereocenters. The van der Waals surface area contributed by atoms with Gasteiger partial charge in [0, 0.05) is 11.1 Å². The summed E-state index contributed by atoms with van der Waals surface area (Å²) in [5.74, 6) is -1.17. The predicted octanol–water partition coefficient (Wildman–Crippen LogP) is 4.62. The molecule has 3 aromatic rings. The molecule has 3 aromatic carbocycles. The van der Waals surface area contributed by atoms with Gasteiger partial charge in [-0.25, -0.2) is 4.79 Å². The minimum absolute atomic E-state index is 0.0141. The molecule has 0 saturated heterocycles. The molecular formula is C22H17ClN2O6. The van der Waals surface area contributed by atoms with Gasteiger partial charge in [-0.15, -0.1) is 0 Å². The third-order valence-corrected chi connectivity index (χ3v) is 4.38. The fourth-order valence-corrected chi connectivity index (χ4v) is 2.76. The van der Waals surface area contributed by atoms with Gasteiger partial charge < -0.3 is 14.8 Å². The van der Waals surface area contributed by atoms with Crippen LogP contribution in [0.1, 0.15) is 15.9 Å². The number of nitro benzene ring substituents is 1. The first-order valence-electron chi connectivity index (χ1n) is 9.10. The van der Waals surface area contributed by atoms with Crippen LogP contribution in [0, 0.1) is 10.1 Å². The lowest BCUT2D eigenvalue weighted by atomic mass is 10.2. The molecule has 8 nitrogen and oxygen atoms in total. The van der Waals surface area contributed by atoms with E-state index in [0.717, 1.165) is 5.56 Å². The normalized spacial score (nSPS) is 10.2. The van der Waals surface area contributed by atoms with Crippen molar-refractivity contribution in [3.05, 3.63) is 99.1 Å². The average molecular weight is 441 g/mol. The van der Waals surface area contributed by atoms with Gasteiger partial charge in [0.15, 0.2) is 6.61 Å². The van der Waals surface area contributed by atoms with E-state index in [1.54, 1.807) is 48.5 Å². The summed E-state index contributed by atoms with van der Waals surface area (Å²) in [6.45, 7) is -0.407. The molecule has 1 N–H and O–H groups in total. The van der Waals surface area contributed by atoms with Gasteiger partial charge in [0.05, 0.1) is 4.92 Å². The summed E-state index contributed by atoms with van der Waals surface area (Å²) < 4.78 is 10.8. The number of carbonyl (C=O) groups is 2. The number of nitrogens with zero attached hydrogens (tertiary/aromatic N) is 1. The van der Waals surface area contributed by atoms with Gasteiger partial charge in [0.1, 0.15) is 23.6 Å². The molecule has 31 heavy (non-hydrogen) atoms. The van der Waals surface area contributed by atoms with Crippen LogP contribution in [-0.4, -0.2) is 23.4 Å². The number of anilines is 1. The third-order valence-electron chi connectivity index (χ3n) is 4.12. The Labute approximate surface area is 182 Å². The maximum Gasteiger partial charge on any atom is 0.342 e. The number of esters is 1. The van der Waals surface area contributed by atoms with Crippen molar-refractivity contribution in [1.29, 1.82) is 0 Å². The van der Waals surface area contributed by atoms with Crippen LogP contribution in [0.2, 0.25) is 5.02 Å². The number of hydrogen-bond acceptors (Lipinski definition) is 6. The van der Waals surface area contributed by atoms with Gasteiger partial charge in [-0.05, 0) is 35.9 Å². The summed E-state index contributed by atoms with van der Waals surface area (Å²) in [6, 6.07) is 19.2. The number of benzene rings is 3. The fraction of sp³-hybridized carbons (Fsp3) is 0.0909. The van der Waals surface area contributed by atoms with Crippen LogP contribution in [0.25, 0.3) is 0 Å². The zero-order valence-electron chi connectivity index (χ0n) is 16.1. The predicted molar refractivity (Wildman–Crippen MR) is 114 cm³/mol. The second-order valence-electron chi connectivity index (χ2n) is 6.31. The molecule has 3 rings (SSSR count). The Bertz CT molecular complexity index is 1100. The summed E-state index contributed by atoms with van der Waals surface area (Å²) in [6.07, 6.45) is 0. The van der Waals surface area contributed by atoms with Crippen LogP contribution in [0.3, 0.4) is 0 Å². The van der Waals surface area contributed by atoms with E-state index in [4.69, 9.17) is 21.1 Å². The minimum Gasteiger partial charge on any atom is -0.488 e. The van der Waals surface area contributed by atoms with E-state index in [2.05, 4.69) is 5.32 Å². The Kier molecular flexibility index (Phi) is 7.18. The van der Waals surface area contributed by atoms with E-state index in [9.17, 15) is 19.7 Å². The zero-order chi connectivity index (χ0) is 22.2. The summed E-state index contributed by atoms with van der Waals surface area (Å²) >= 11 is 5.86. The highest BCUT2D eigenvalue weighted by atomic mass is 35.5. The minimum atomic E-state index is -0.760. The van der Waals surface area contributed by atoms with Crippen molar-refractivity contribution in [3.8, 4) is 5.75 Å². The molecule has 0 aliphatic carbocycles. The first-order valence-corrected chi connectivity index (χ1v) is 9.48. The average Bonchev–Trinajstić information content (AvgIpc) is 2.77. The van der Waals surface area contributed by atoms with Gasteiger partial charge >= 0.3 is 5.97 Å².